The number of nitrogens with two attached hydrogens (primary N) is 1. The third kappa shape index (κ3) is 4.08. The van der Waals surface area contributed by atoms with Crippen LogP contribution >= 0.6 is 11.8 Å². The summed E-state index contributed by atoms with van der Waals surface area (Å²) >= 11 is 1.52. The molecule has 7 heteroatoms. The minimum absolute atomic E-state index is 0.0749. The minimum Gasteiger partial charge on any atom is -0.480 e. The van der Waals surface area contributed by atoms with Crippen LogP contribution in [-0.2, 0) is 11.3 Å². The first-order chi connectivity index (χ1) is 8.58. The average molecular weight is 272 g/mol. The molecule has 100 valence electrons. The van der Waals surface area contributed by atoms with Gasteiger partial charge in [0.15, 0.2) is 5.76 Å². The Morgan fingerprint density at radius 1 is 1.56 bits per heavy atom. The van der Waals surface area contributed by atoms with Crippen LogP contribution in [0.1, 0.15) is 22.7 Å². The quantitative estimate of drug-likeness (QED) is 0.674. The lowest BCUT2D eigenvalue weighted by Gasteiger charge is -2.12. The van der Waals surface area contributed by atoms with E-state index in [1.54, 1.807) is 6.07 Å². The molecule has 4 N–H and O–H groups in total. The average Bonchev–Trinajstić information content (AvgIpc) is 2.82. The van der Waals surface area contributed by atoms with Crippen molar-refractivity contribution >= 4 is 23.6 Å². The standard InChI is InChI=1S/C11H16N2O4S/c1-18-5-4-8(11(15)16)13-10(14)9-3-2-7(6-12)17-9/h2-3,8H,4-6,12H2,1H3,(H,13,14)(H,15,16). The van der Waals surface area contributed by atoms with E-state index in [0.29, 0.717) is 17.9 Å². The molecule has 0 aliphatic rings. The summed E-state index contributed by atoms with van der Waals surface area (Å²) in [5.74, 6) is -0.378. The van der Waals surface area contributed by atoms with Gasteiger partial charge in [-0.05, 0) is 30.6 Å². The van der Waals surface area contributed by atoms with Crippen molar-refractivity contribution < 1.29 is 19.1 Å². The fourth-order valence-electron chi connectivity index (χ4n) is 1.33. The van der Waals surface area contributed by atoms with Crippen LogP contribution in [0.2, 0.25) is 0 Å². The predicted octanol–water partition coefficient (Wildman–Crippen LogP) is 0.674. The summed E-state index contributed by atoms with van der Waals surface area (Å²) in [5.41, 5.74) is 5.36. The highest BCUT2D eigenvalue weighted by Crippen LogP contribution is 2.08. The maximum absolute atomic E-state index is 11.7. The van der Waals surface area contributed by atoms with Gasteiger partial charge in [-0.3, -0.25) is 4.79 Å². The molecule has 1 amide bonds. The van der Waals surface area contributed by atoms with Crippen molar-refractivity contribution in [3.8, 4) is 0 Å². The number of aliphatic carboxylic acids is 1. The second-order valence-corrected chi connectivity index (χ2v) is 4.60. The fraction of sp³-hybridized carbons (Fsp3) is 0.455. The first-order valence-electron chi connectivity index (χ1n) is 5.40. The number of amides is 1. The van der Waals surface area contributed by atoms with Gasteiger partial charge in [-0.1, -0.05) is 0 Å². The van der Waals surface area contributed by atoms with E-state index in [1.165, 1.54) is 17.8 Å². The van der Waals surface area contributed by atoms with Gasteiger partial charge in [0.2, 0.25) is 0 Å². The maximum Gasteiger partial charge on any atom is 0.326 e. The third-order valence-electron chi connectivity index (χ3n) is 2.30. The lowest BCUT2D eigenvalue weighted by atomic mass is 10.2. The van der Waals surface area contributed by atoms with E-state index in [9.17, 15) is 9.59 Å². The molecule has 1 aromatic heterocycles. The molecule has 1 unspecified atom stereocenters. The summed E-state index contributed by atoms with van der Waals surface area (Å²) in [6.45, 7) is 0.197. The summed E-state index contributed by atoms with van der Waals surface area (Å²) in [6, 6.07) is 2.16. The third-order valence-corrected chi connectivity index (χ3v) is 2.94. The highest BCUT2D eigenvalue weighted by atomic mass is 32.2. The van der Waals surface area contributed by atoms with E-state index in [1.807, 2.05) is 6.26 Å². The summed E-state index contributed by atoms with van der Waals surface area (Å²) < 4.78 is 5.14. The smallest absolute Gasteiger partial charge is 0.326 e. The van der Waals surface area contributed by atoms with Gasteiger partial charge in [0.05, 0.1) is 6.54 Å². The van der Waals surface area contributed by atoms with Crippen molar-refractivity contribution in [1.82, 2.24) is 5.32 Å². The Morgan fingerprint density at radius 3 is 2.78 bits per heavy atom. The van der Waals surface area contributed by atoms with Crippen LogP contribution in [0.4, 0.5) is 0 Å². The molecule has 0 radical (unpaired) electrons. The van der Waals surface area contributed by atoms with Crippen LogP contribution in [0.25, 0.3) is 0 Å². The van der Waals surface area contributed by atoms with Crippen molar-refractivity contribution in [1.29, 1.82) is 0 Å². The first-order valence-corrected chi connectivity index (χ1v) is 6.79. The zero-order chi connectivity index (χ0) is 13.5. The Bertz CT molecular complexity index is 419. The number of carboxylic acids is 1. The Balaban J connectivity index is 2.62. The summed E-state index contributed by atoms with van der Waals surface area (Å²) in [6.07, 6.45) is 2.24. The van der Waals surface area contributed by atoms with Gasteiger partial charge in [-0.25, -0.2) is 4.79 Å². The molecule has 1 rings (SSSR count). The molecular formula is C11H16N2O4S. The van der Waals surface area contributed by atoms with Crippen molar-refractivity contribution in [2.24, 2.45) is 5.73 Å². The highest BCUT2D eigenvalue weighted by Gasteiger charge is 2.21. The number of carboxylic acid groups (broad SMARTS) is 1. The molecule has 0 saturated heterocycles. The summed E-state index contributed by atoms with van der Waals surface area (Å²) in [7, 11) is 0. The van der Waals surface area contributed by atoms with Gasteiger partial charge in [0.1, 0.15) is 11.8 Å². The Kier molecular flexibility index (Phi) is 5.73. The maximum atomic E-state index is 11.7. The molecule has 1 atom stereocenters. The molecule has 0 aliphatic heterocycles. The van der Waals surface area contributed by atoms with E-state index in [4.69, 9.17) is 15.3 Å². The Labute approximate surface area is 109 Å². The van der Waals surface area contributed by atoms with E-state index < -0.39 is 17.9 Å². The Morgan fingerprint density at radius 2 is 2.28 bits per heavy atom. The molecule has 0 fully saturated rings. The number of carbonyl (C=O) groups excluding carboxylic acids is 1. The SMILES string of the molecule is CSCCC(NC(=O)c1ccc(CN)o1)C(=O)O. The van der Waals surface area contributed by atoms with Gasteiger partial charge in [-0.15, -0.1) is 0 Å². The fourth-order valence-corrected chi connectivity index (χ4v) is 1.80. The molecule has 0 aliphatic carbocycles. The van der Waals surface area contributed by atoms with Gasteiger partial charge in [-0.2, -0.15) is 11.8 Å². The van der Waals surface area contributed by atoms with Crippen LogP contribution in [0.15, 0.2) is 16.5 Å². The molecule has 1 aromatic rings. The monoisotopic (exact) mass is 272 g/mol. The minimum atomic E-state index is -1.05. The number of nitrogens with one attached hydrogen (secondary N) is 1. The van der Waals surface area contributed by atoms with Crippen LogP contribution in [-0.4, -0.2) is 35.0 Å². The second kappa shape index (κ2) is 7.07. The Hall–Kier alpha value is -1.47. The van der Waals surface area contributed by atoms with Crippen molar-refractivity contribution in [3.05, 3.63) is 23.7 Å². The number of furan rings is 1. The molecule has 0 bridgehead atoms. The first kappa shape index (κ1) is 14.6. The van der Waals surface area contributed by atoms with Crippen molar-refractivity contribution in [3.63, 3.8) is 0 Å². The number of carbonyl (C=O) groups is 2. The van der Waals surface area contributed by atoms with Gasteiger partial charge in [0.25, 0.3) is 5.91 Å². The van der Waals surface area contributed by atoms with E-state index in [-0.39, 0.29) is 12.3 Å². The van der Waals surface area contributed by atoms with E-state index in [2.05, 4.69) is 5.32 Å². The van der Waals surface area contributed by atoms with Crippen LogP contribution in [0.5, 0.6) is 0 Å². The van der Waals surface area contributed by atoms with Crippen LogP contribution in [0, 0.1) is 0 Å². The van der Waals surface area contributed by atoms with E-state index in [0.717, 1.165) is 0 Å². The van der Waals surface area contributed by atoms with Crippen molar-refractivity contribution in [2.45, 2.75) is 19.0 Å². The summed E-state index contributed by atoms with van der Waals surface area (Å²) in [5, 5.41) is 11.4. The van der Waals surface area contributed by atoms with Gasteiger partial charge < -0.3 is 20.6 Å². The largest absolute Gasteiger partial charge is 0.480 e. The lowest BCUT2D eigenvalue weighted by molar-refractivity contribution is -0.139. The number of thioether (sulfide) groups is 1. The van der Waals surface area contributed by atoms with Crippen LogP contribution in [0.3, 0.4) is 0 Å². The van der Waals surface area contributed by atoms with Gasteiger partial charge >= 0.3 is 5.97 Å². The molecule has 0 aromatic carbocycles. The highest BCUT2D eigenvalue weighted by molar-refractivity contribution is 7.98. The van der Waals surface area contributed by atoms with Crippen LogP contribution < -0.4 is 11.1 Å². The normalized spacial score (nSPS) is 12.1. The predicted molar refractivity (Wildman–Crippen MR) is 68.5 cm³/mol. The summed E-state index contributed by atoms with van der Waals surface area (Å²) in [4.78, 5) is 22.7. The molecule has 6 nitrogen and oxygen atoms in total. The molecule has 18 heavy (non-hydrogen) atoms. The number of hydrogen-bond acceptors (Lipinski definition) is 5. The molecule has 1 heterocycles. The van der Waals surface area contributed by atoms with Crippen molar-refractivity contribution in [2.75, 3.05) is 12.0 Å². The lowest BCUT2D eigenvalue weighted by Crippen LogP contribution is -2.41. The molecule has 0 spiro atoms. The zero-order valence-corrected chi connectivity index (χ0v) is 10.8. The molecular weight excluding hydrogens is 256 g/mol. The molecule has 0 saturated carbocycles. The van der Waals surface area contributed by atoms with E-state index >= 15 is 0 Å². The second-order valence-electron chi connectivity index (χ2n) is 3.62. The number of hydrogen-bond donors (Lipinski definition) is 3. The number of rotatable bonds is 7. The zero-order valence-electron chi connectivity index (χ0n) is 10.0. The topological polar surface area (TPSA) is 106 Å². The van der Waals surface area contributed by atoms with Gasteiger partial charge in [0, 0.05) is 0 Å².